The van der Waals surface area contributed by atoms with Gasteiger partial charge in [0.2, 0.25) is 0 Å². The third-order valence-corrected chi connectivity index (χ3v) is 24.6. The molecule has 0 unspecified atom stereocenters. The van der Waals surface area contributed by atoms with Gasteiger partial charge in [0.15, 0.2) is 25.0 Å². The molecule has 0 spiro atoms. The number of rotatable bonds is 18. The minimum absolute atomic E-state index is 0.0173. The predicted molar refractivity (Wildman–Crippen MR) is 201 cm³/mol. The molecule has 7 nitrogen and oxygen atoms in total. The Morgan fingerprint density at radius 2 is 1.17 bits per heavy atom. The van der Waals surface area contributed by atoms with E-state index in [0.717, 1.165) is 6.42 Å². The van der Waals surface area contributed by atoms with Crippen LogP contribution >= 0.6 is 0 Å². The summed E-state index contributed by atoms with van der Waals surface area (Å²) in [5.74, 6) is -0.884. The summed E-state index contributed by atoms with van der Waals surface area (Å²) in [5, 5.41) is 0.0929. The lowest BCUT2D eigenvalue weighted by Crippen LogP contribution is -2.53. The topological polar surface area (TPSA) is 80.3 Å². The summed E-state index contributed by atoms with van der Waals surface area (Å²) in [6, 6.07) is 0. The monoisotopic (exact) mass is 702 g/mol. The predicted octanol–water partition coefficient (Wildman–Crippen LogP) is 9.93. The summed E-state index contributed by atoms with van der Waals surface area (Å²) < 4.78 is 31.7. The maximum Gasteiger partial charge on any atom is 0.313 e. The summed E-state index contributed by atoms with van der Waals surface area (Å²) in [6.45, 7) is 40.8. The van der Waals surface area contributed by atoms with Crippen molar-refractivity contribution >= 4 is 36.7 Å². The lowest BCUT2D eigenvalue weighted by atomic mass is 9.84. The average molecular weight is 703 g/mol. The number of ketones is 1. The van der Waals surface area contributed by atoms with Gasteiger partial charge in [0.05, 0.1) is 25.4 Å². The second-order valence-corrected chi connectivity index (χ2v) is 32.4. The zero-order valence-electron chi connectivity index (χ0n) is 33.7. The molecule has 0 bridgehead atoms. The van der Waals surface area contributed by atoms with Gasteiger partial charge in [-0.3, -0.25) is 9.59 Å². The molecule has 0 saturated heterocycles. The third kappa shape index (κ3) is 13.7. The van der Waals surface area contributed by atoms with Crippen LogP contribution in [0.25, 0.3) is 0 Å². The van der Waals surface area contributed by atoms with Crippen molar-refractivity contribution in [2.24, 2.45) is 11.8 Å². The first kappa shape index (κ1) is 45.4. The number of carbonyl (C=O) groups excluding carboxylic acids is 2. The van der Waals surface area contributed by atoms with Crippen LogP contribution < -0.4 is 0 Å². The number of methoxy groups -OCH3 is 2. The molecular formula is C36H74O7Si3. The molecule has 5 atom stereocenters. The molecule has 0 N–H and O–H groups in total. The smallest absolute Gasteiger partial charge is 0.313 e. The number of ether oxygens (including phenoxy) is 2. The number of esters is 1. The Hall–Kier alpha value is -0.629. The van der Waals surface area contributed by atoms with Gasteiger partial charge in [-0.2, -0.15) is 0 Å². The summed E-state index contributed by atoms with van der Waals surface area (Å²) in [6.07, 6.45) is 2.05. The molecule has 0 aromatic heterocycles. The van der Waals surface area contributed by atoms with Crippen molar-refractivity contribution in [3.8, 4) is 0 Å². The van der Waals surface area contributed by atoms with Crippen molar-refractivity contribution in [2.75, 3.05) is 20.8 Å². The van der Waals surface area contributed by atoms with E-state index in [-0.39, 0.29) is 57.8 Å². The van der Waals surface area contributed by atoms with Crippen LogP contribution in [0.1, 0.15) is 102 Å². The van der Waals surface area contributed by atoms with Crippen LogP contribution in [0.15, 0.2) is 11.6 Å². The third-order valence-electron chi connectivity index (χ3n) is 11.1. The van der Waals surface area contributed by atoms with E-state index in [9.17, 15) is 9.59 Å². The fourth-order valence-corrected chi connectivity index (χ4v) is 8.43. The quantitative estimate of drug-likeness (QED) is 0.0609. The fraction of sp³-hybridized carbons (Fsp3) is 0.889. The fourth-order valence-electron chi connectivity index (χ4n) is 4.51. The molecule has 46 heavy (non-hydrogen) atoms. The SMILES string of the molecule is COC(=O)CC(=O)C[C@@H](O[Si](C)(C)C(C)(C)C)[C@H](C)[C@H](O[Si](C)(C)C(C)(C)C)[C@@H](C)[C@H](/C=C(\C)CCO[Si](C)(C)C(C)(C)C)OC. The molecule has 0 fully saturated rings. The summed E-state index contributed by atoms with van der Waals surface area (Å²) >= 11 is 0. The molecule has 10 heteroatoms. The van der Waals surface area contributed by atoms with Crippen molar-refractivity contribution in [3.63, 3.8) is 0 Å². The van der Waals surface area contributed by atoms with Crippen molar-refractivity contribution < 1.29 is 32.3 Å². The highest BCUT2D eigenvalue weighted by molar-refractivity contribution is 6.75. The molecule has 0 aliphatic heterocycles. The van der Waals surface area contributed by atoms with Crippen LogP contribution in [-0.2, 0) is 32.3 Å². The van der Waals surface area contributed by atoms with E-state index >= 15 is 0 Å². The normalized spacial score (nSPS) is 17.7. The number of hydrogen-bond acceptors (Lipinski definition) is 7. The molecule has 0 saturated carbocycles. The minimum Gasteiger partial charge on any atom is -0.469 e. The van der Waals surface area contributed by atoms with Crippen LogP contribution in [-0.4, -0.2) is 75.8 Å². The molecule has 0 radical (unpaired) electrons. The zero-order valence-corrected chi connectivity index (χ0v) is 36.7. The molecule has 0 aromatic carbocycles. The van der Waals surface area contributed by atoms with Gasteiger partial charge in [-0.05, 0) is 67.7 Å². The van der Waals surface area contributed by atoms with Crippen LogP contribution in [0.4, 0.5) is 0 Å². The summed E-state index contributed by atoms with van der Waals surface area (Å²) in [4.78, 5) is 25.3. The van der Waals surface area contributed by atoms with Crippen molar-refractivity contribution in [3.05, 3.63) is 11.6 Å². The Kier molecular flexibility index (Phi) is 17.1. The first-order valence-electron chi connectivity index (χ1n) is 17.2. The Balaban J connectivity index is 6.68. The van der Waals surface area contributed by atoms with Crippen molar-refractivity contribution in [1.29, 1.82) is 0 Å². The van der Waals surface area contributed by atoms with E-state index in [2.05, 4.69) is 128 Å². The molecular weight excluding hydrogens is 629 g/mol. The molecule has 0 amide bonds. The van der Waals surface area contributed by atoms with Crippen molar-refractivity contribution in [1.82, 2.24) is 0 Å². The second-order valence-electron chi connectivity index (χ2n) is 18.0. The van der Waals surface area contributed by atoms with E-state index in [1.807, 2.05) is 0 Å². The molecule has 0 aromatic rings. The molecule has 0 rings (SSSR count). The van der Waals surface area contributed by atoms with Crippen LogP contribution in [0.2, 0.25) is 54.4 Å². The maximum atomic E-state index is 13.2. The Morgan fingerprint density at radius 3 is 1.59 bits per heavy atom. The highest BCUT2D eigenvalue weighted by atomic mass is 28.4. The second kappa shape index (κ2) is 17.3. The Morgan fingerprint density at radius 1 is 0.717 bits per heavy atom. The van der Waals surface area contributed by atoms with Gasteiger partial charge in [-0.1, -0.05) is 87.8 Å². The summed E-state index contributed by atoms with van der Waals surface area (Å²) in [7, 11) is -3.32. The highest BCUT2D eigenvalue weighted by Crippen LogP contribution is 2.43. The van der Waals surface area contributed by atoms with Crippen LogP contribution in [0.5, 0.6) is 0 Å². The first-order chi connectivity index (χ1) is 20.4. The van der Waals surface area contributed by atoms with E-state index in [4.69, 9.17) is 22.8 Å². The standard InChI is InChI=1S/C36H74O7Si3/c1-26(21-22-41-44(15,16)34(4,5)6)23-30(39-13)27(2)33(43-46(19,20)36(10,11)12)28(3)31(24-29(37)25-32(38)40-14)42-45(17,18)35(7,8)9/h23,27-28,30-31,33H,21-22,24-25H2,1-20H3/b26-23+/t27-,28-,30-,31+,33+/m0/s1. The lowest BCUT2D eigenvalue weighted by Gasteiger charge is -2.47. The molecule has 0 aliphatic carbocycles. The minimum atomic E-state index is -2.29. The number of carbonyl (C=O) groups is 2. The largest absolute Gasteiger partial charge is 0.469 e. The Bertz CT molecular complexity index is 1000. The van der Waals surface area contributed by atoms with Gasteiger partial charge in [0.25, 0.3) is 0 Å². The summed E-state index contributed by atoms with van der Waals surface area (Å²) in [5.41, 5.74) is 1.22. The first-order valence-corrected chi connectivity index (χ1v) is 25.9. The zero-order chi connectivity index (χ0) is 36.7. The van der Waals surface area contributed by atoms with Crippen LogP contribution in [0, 0.1) is 11.8 Å². The number of hydrogen-bond donors (Lipinski definition) is 0. The van der Waals surface area contributed by atoms with Gasteiger partial charge >= 0.3 is 5.97 Å². The molecule has 0 heterocycles. The van der Waals surface area contributed by atoms with E-state index in [1.165, 1.54) is 12.7 Å². The van der Waals surface area contributed by atoms with Crippen molar-refractivity contribution in [2.45, 2.75) is 175 Å². The van der Waals surface area contributed by atoms with E-state index in [0.29, 0.717) is 6.61 Å². The van der Waals surface area contributed by atoms with Gasteiger partial charge in [0, 0.05) is 32.0 Å². The Labute approximate surface area is 287 Å². The van der Waals surface area contributed by atoms with Gasteiger partial charge in [-0.15, -0.1) is 0 Å². The van der Waals surface area contributed by atoms with E-state index < -0.39 is 37.0 Å². The van der Waals surface area contributed by atoms with Gasteiger partial charge in [0.1, 0.15) is 12.2 Å². The van der Waals surface area contributed by atoms with Gasteiger partial charge < -0.3 is 22.8 Å². The maximum absolute atomic E-state index is 13.2. The van der Waals surface area contributed by atoms with E-state index in [1.54, 1.807) is 7.11 Å². The molecule has 0 aliphatic rings. The molecule has 272 valence electrons. The highest BCUT2D eigenvalue weighted by Gasteiger charge is 2.47. The average Bonchev–Trinajstić information content (AvgIpc) is 2.86. The van der Waals surface area contributed by atoms with Crippen LogP contribution in [0.3, 0.4) is 0 Å². The van der Waals surface area contributed by atoms with Gasteiger partial charge in [-0.25, -0.2) is 0 Å². The number of Topliss-reactive ketones (excluding diaryl/α,β-unsaturated/α-hetero) is 1. The lowest BCUT2D eigenvalue weighted by molar-refractivity contribution is -0.143.